The number of amides is 1. The van der Waals surface area contributed by atoms with Crippen molar-refractivity contribution in [3.8, 4) is 0 Å². The van der Waals surface area contributed by atoms with E-state index in [9.17, 15) is 10.0 Å². The highest BCUT2D eigenvalue weighted by Crippen LogP contribution is 2.36. The molecule has 0 saturated carbocycles. The molecule has 0 unspecified atom stereocenters. The molecule has 1 heterocycles. The fourth-order valence-electron chi connectivity index (χ4n) is 6.02. The zero-order chi connectivity index (χ0) is 36.3. The lowest BCUT2D eigenvalue weighted by atomic mass is 9.79. The van der Waals surface area contributed by atoms with E-state index in [-0.39, 0.29) is 11.1 Å². The molecule has 0 aliphatic carbocycles. The Labute approximate surface area is 295 Å². The predicted molar refractivity (Wildman–Crippen MR) is 195 cm³/mol. The van der Waals surface area contributed by atoms with Gasteiger partial charge >= 0.3 is 0 Å². The van der Waals surface area contributed by atoms with Crippen LogP contribution in [-0.4, -0.2) is 120 Å². The van der Waals surface area contributed by atoms with Crippen molar-refractivity contribution in [3.63, 3.8) is 0 Å². The first kappa shape index (κ1) is 42.8. The van der Waals surface area contributed by atoms with Crippen LogP contribution in [0.15, 0.2) is 29.5 Å². The number of ether oxygens (including phenoxy) is 5. The number of hydroxylamine groups is 2. The van der Waals surface area contributed by atoms with Crippen molar-refractivity contribution in [1.82, 2.24) is 15.8 Å². The molecule has 13 nitrogen and oxygen atoms in total. The Morgan fingerprint density at radius 3 is 1.76 bits per heavy atom. The topological polar surface area (TPSA) is 152 Å². The molecule has 1 aromatic rings. The Balaban J connectivity index is 1.41. The van der Waals surface area contributed by atoms with Crippen LogP contribution in [0.4, 0.5) is 11.4 Å². The number of carbonyl (C=O) groups excluding carboxylic acids is 1. The Morgan fingerprint density at radius 1 is 0.837 bits per heavy atom. The maximum Gasteiger partial charge on any atom is 0.250 e. The predicted octanol–water partition coefficient (Wildman–Crippen LogP) is 4.32. The van der Waals surface area contributed by atoms with Crippen LogP contribution in [0.3, 0.4) is 0 Å². The summed E-state index contributed by atoms with van der Waals surface area (Å²) in [5.74, 6) is -0.472. The monoisotopic (exact) mass is 694 g/mol. The van der Waals surface area contributed by atoms with Crippen molar-refractivity contribution in [2.75, 3.05) is 96.5 Å². The number of nitrogens with one attached hydrogen (secondary N) is 3. The lowest BCUT2D eigenvalue weighted by molar-refractivity contribution is -0.246. The van der Waals surface area contributed by atoms with E-state index in [0.717, 1.165) is 43.6 Å². The number of primary amides is 1. The Morgan fingerprint density at radius 2 is 1.31 bits per heavy atom. The highest BCUT2D eigenvalue weighted by atomic mass is 16.6. The van der Waals surface area contributed by atoms with Crippen molar-refractivity contribution in [2.45, 2.75) is 91.3 Å². The van der Waals surface area contributed by atoms with Gasteiger partial charge in [0.05, 0.1) is 64.1 Å². The second-order valence-electron chi connectivity index (χ2n) is 13.9. The van der Waals surface area contributed by atoms with Crippen LogP contribution in [0.1, 0.15) is 84.5 Å². The Bertz CT molecular complexity index is 1110. The minimum Gasteiger partial charge on any atom is -0.384 e. The summed E-state index contributed by atoms with van der Waals surface area (Å²) in [4.78, 5) is 12.0. The van der Waals surface area contributed by atoms with E-state index in [1.165, 1.54) is 10.6 Å². The molecule has 1 amide bonds. The van der Waals surface area contributed by atoms with E-state index in [1.54, 1.807) is 6.07 Å². The molecule has 1 fully saturated rings. The molecule has 0 aromatic heterocycles. The molecule has 6 N–H and O–H groups in total. The highest BCUT2D eigenvalue weighted by molar-refractivity contribution is 5.99. The zero-order valence-corrected chi connectivity index (χ0v) is 31.5. The number of hydrogen-bond acceptors (Lipinski definition) is 12. The summed E-state index contributed by atoms with van der Waals surface area (Å²) in [6.07, 6.45) is 3.53. The maximum atomic E-state index is 12.0. The van der Waals surface area contributed by atoms with Gasteiger partial charge in [0, 0.05) is 55.3 Å². The molecule has 0 bridgehead atoms. The first-order valence-corrected chi connectivity index (χ1v) is 17.7. The van der Waals surface area contributed by atoms with Crippen LogP contribution in [0.2, 0.25) is 0 Å². The molecule has 1 saturated heterocycles. The van der Waals surface area contributed by atoms with Gasteiger partial charge in [-0.25, -0.2) is 5.43 Å². The summed E-state index contributed by atoms with van der Waals surface area (Å²) in [6.45, 7) is 21.4. The number of piperidine rings is 1. The van der Waals surface area contributed by atoms with Gasteiger partial charge in [0.1, 0.15) is 0 Å². The second kappa shape index (κ2) is 22.5. The molecular formula is C36H66N6O7. The fraction of sp³-hybridized carbons (Fsp3) is 0.750. The van der Waals surface area contributed by atoms with Crippen molar-refractivity contribution in [1.29, 1.82) is 0 Å². The molecule has 1 aliphatic rings. The van der Waals surface area contributed by atoms with Crippen LogP contribution in [0.25, 0.3) is 0 Å². The van der Waals surface area contributed by atoms with Gasteiger partial charge in [-0.2, -0.15) is 5.06 Å². The number of nitrogens with zero attached hydrogens (tertiary/aromatic N) is 2. The summed E-state index contributed by atoms with van der Waals surface area (Å²) in [5, 5.41) is 20.9. The van der Waals surface area contributed by atoms with E-state index < -0.39 is 5.91 Å². The van der Waals surface area contributed by atoms with Gasteiger partial charge in [-0.1, -0.05) is 5.57 Å². The minimum atomic E-state index is -0.472. The van der Waals surface area contributed by atoms with E-state index in [4.69, 9.17) is 29.4 Å². The van der Waals surface area contributed by atoms with Crippen molar-refractivity contribution < 1.29 is 33.7 Å². The van der Waals surface area contributed by atoms with Crippen LogP contribution >= 0.6 is 0 Å². The molecule has 49 heavy (non-hydrogen) atoms. The quantitative estimate of drug-likeness (QED) is 0.0694. The molecular weight excluding hydrogens is 628 g/mol. The third kappa shape index (κ3) is 15.6. The molecule has 1 aliphatic heterocycles. The number of benzene rings is 1. The smallest absolute Gasteiger partial charge is 0.250 e. The zero-order valence-electron chi connectivity index (χ0n) is 31.5. The SMILES string of the molecule is CNN(C(C)=C(C)C)c1ccc(C(N)=O)c(NCCCOCCOCCOCCOCCOCCCNC2CC(C)(C)N(O)C(C)(C)C2)c1. The van der Waals surface area contributed by atoms with E-state index in [0.29, 0.717) is 89.9 Å². The number of nitrogens with two attached hydrogens (primary N) is 1. The summed E-state index contributed by atoms with van der Waals surface area (Å²) in [7, 11) is 1.86. The van der Waals surface area contributed by atoms with Crippen LogP contribution < -0.4 is 26.8 Å². The van der Waals surface area contributed by atoms with Crippen LogP contribution in [-0.2, 0) is 23.7 Å². The lowest BCUT2D eigenvalue weighted by Crippen LogP contribution is -2.62. The molecule has 0 radical (unpaired) electrons. The third-order valence-corrected chi connectivity index (χ3v) is 8.62. The van der Waals surface area contributed by atoms with Crippen LogP contribution in [0.5, 0.6) is 0 Å². The van der Waals surface area contributed by atoms with E-state index >= 15 is 0 Å². The van der Waals surface area contributed by atoms with Crippen LogP contribution in [0, 0.1) is 0 Å². The summed E-state index contributed by atoms with van der Waals surface area (Å²) >= 11 is 0. The average Bonchev–Trinajstić information content (AvgIpc) is 3.04. The minimum absolute atomic E-state index is 0.239. The Kier molecular flexibility index (Phi) is 19.7. The normalized spacial score (nSPS) is 16.1. The molecule has 13 heteroatoms. The van der Waals surface area contributed by atoms with Gasteiger partial charge in [0.15, 0.2) is 0 Å². The van der Waals surface area contributed by atoms with Gasteiger partial charge in [0.2, 0.25) is 0 Å². The largest absolute Gasteiger partial charge is 0.384 e. The molecule has 0 spiro atoms. The standard InChI is InChI=1S/C36H66N6O7/c1-28(2)29(3)41(38-8)31-11-12-32(34(37)43)33(25-31)40-14-10-16-46-18-20-48-22-24-49-23-21-47-19-17-45-15-9-13-39-30-26-35(4,5)42(44)36(6,7)27-30/h11-12,25,30,38-40,44H,9-10,13-24,26-27H2,1-8H3,(H2,37,43). The number of rotatable bonds is 26. The summed E-state index contributed by atoms with van der Waals surface area (Å²) in [6, 6.07) is 5.93. The summed E-state index contributed by atoms with van der Waals surface area (Å²) < 4.78 is 28.1. The second-order valence-corrected chi connectivity index (χ2v) is 13.9. The van der Waals surface area contributed by atoms with Crippen molar-refractivity contribution in [2.24, 2.45) is 5.73 Å². The van der Waals surface area contributed by atoms with Gasteiger partial charge in [0.25, 0.3) is 5.91 Å². The van der Waals surface area contributed by atoms with E-state index in [1.807, 2.05) is 31.1 Å². The number of hydrazine groups is 1. The number of carbonyl (C=O) groups is 1. The molecule has 282 valence electrons. The van der Waals surface area contributed by atoms with Gasteiger partial charge in [-0.15, -0.1) is 0 Å². The van der Waals surface area contributed by atoms with Gasteiger partial charge < -0.3 is 45.3 Å². The number of allylic oxidation sites excluding steroid dienone is 2. The first-order chi connectivity index (χ1) is 23.3. The van der Waals surface area contributed by atoms with Gasteiger partial charge in [-0.3, -0.25) is 9.80 Å². The number of anilines is 2. The highest BCUT2D eigenvalue weighted by Gasteiger charge is 2.44. The molecule has 2 rings (SSSR count). The molecule has 0 atom stereocenters. The fourth-order valence-corrected chi connectivity index (χ4v) is 6.02. The first-order valence-electron chi connectivity index (χ1n) is 17.7. The molecule has 1 aromatic carbocycles. The van der Waals surface area contributed by atoms with E-state index in [2.05, 4.69) is 57.6 Å². The Hall–Kier alpha value is -2.33. The average molecular weight is 695 g/mol. The van der Waals surface area contributed by atoms with Gasteiger partial charge in [-0.05, 0) is 98.9 Å². The lowest BCUT2D eigenvalue weighted by Gasteiger charge is -2.51. The summed E-state index contributed by atoms with van der Waals surface area (Å²) in [5.41, 5.74) is 12.6. The number of hydrogen-bond donors (Lipinski definition) is 5. The maximum absolute atomic E-state index is 12.0. The third-order valence-electron chi connectivity index (χ3n) is 8.62. The van der Waals surface area contributed by atoms with Crippen molar-refractivity contribution in [3.05, 3.63) is 35.0 Å². The van der Waals surface area contributed by atoms with Crippen molar-refractivity contribution >= 4 is 17.3 Å².